The number of ether oxygens (including phenoxy) is 1. The summed E-state index contributed by atoms with van der Waals surface area (Å²) in [6.07, 6.45) is 0. The van der Waals surface area contributed by atoms with Crippen LogP contribution in [0.1, 0.15) is 33.3 Å². The molecule has 0 radical (unpaired) electrons. The van der Waals surface area contributed by atoms with Crippen LogP contribution in [0.3, 0.4) is 0 Å². The maximum absolute atomic E-state index is 13.2. The Labute approximate surface area is 117 Å². The fraction of sp³-hybridized carbons (Fsp3) is 0.429. The van der Waals surface area contributed by atoms with Gasteiger partial charge in [-0.3, -0.25) is 4.79 Å². The second-order valence-electron chi connectivity index (χ2n) is 5.41. The Bertz CT molecular complexity index is 522. The average molecular weight is 282 g/mol. The minimum absolute atomic E-state index is 0.157. The van der Waals surface area contributed by atoms with Crippen LogP contribution in [0.5, 0.6) is 5.75 Å². The van der Waals surface area contributed by atoms with Gasteiger partial charge in [0.15, 0.2) is 6.61 Å². The van der Waals surface area contributed by atoms with Gasteiger partial charge in [0, 0.05) is 17.2 Å². The topological polar surface area (TPSA) is 70.9 Å². The minimum atomic E-state index is -0.495. The van der Waals surface area contributed by atoms with Crippen molar-refractivity contribution in [2.75, 3.05) is 6.61 Å². The van der Waals surface area contributed by atoms with Crippen molar-refractivity contribution in [3.63, 3.8) is 0 Å². The fourth-order valence-corrected chi connectivity index (χ4v) is 1.57. The molecule has 0 unspecified atom stereocenters. The van der Waals surface area contributed by atoms with Gasteiger partial charge in [-0.2, -0.15) is 0 Å². The van der Waals surface area contributed by atoms with E-state index in [-0.39, 0.29) is 29.5 Å². The number of carbonyl (C=O) groups is 1. The fourth-order valence-electron chi connectivity index (χ4n) is 1.57. The lowest BCUT2D eigenvalue weighted by Crippen LogP contribution is -2.43. The first-order valence-electron chi connectivity index (χ1n) is 6.15. The van der Waals surface area contributed by atoms with Crippen LogP contribution in [0, 0.1) is 5.82 Å². The number of carbonyl (C=O) groups excluding carboxylic acids is 1. The van der Waals surface area contributed by atoms with Gasteiger partial charge in [0.1, 0.15) is 11.6 Å². The van der Waals surface area contributed by atoms with E-state index in [0.29, 0.717) is 5.56 Å². The van der Waals surface area contributed by atoms with Crippen LogP contribution in [0.4, 0.5) is 4.39 Å². The normalized spacial score (nSPS) is 12.2. The van der Waals surface area contributed by atoms with E-state index in [1.807, 2.05) is 20.8 Å². The summed E-state index contributed by atoms with van der Waals surface area (Å²) < 4.78 is 18.5. The van der Waals surface area contributed by atoms with Crippen molar-refractivity contribution in [3.05, 3.63) is 29.6 Å². The van der Waals surface area contributed by atoms with Crippen LogP contribution in [0.15, 0.2) is 23.4 Å². The highest BCUT2D eigenvalue weighted by molar-refractivity contribution is 6.00. The van der Waals surface area contributed by atoms with Crippen molar-refractivity contribution in [3.8, 4) is 5.75 Å². The van der Waals surface area contributed by atoms with Crippen LogP contribution in [0.2, 0.25) is 0 Å². The summed E-state index contributed by atoms with van der Waals surface area (Å²) in [6.45, 7) is 6.85. The first-order chi connectivity index (χ1) is 9.23. The monoisotopic (exact) mass is 282 g/mol. The molecule has 0 spiro atoms. The standard InChI is InChI=1S/C14H19FN2O3/c1-9(17-19)11-6-5-10(15)7-12(11)20-8-13(18)16-14(2,3)4/h5-7,19H,8H2,1-4H3,(H,16,18). The summed E-state index contributed by atoms with van der Waals surface area (Å²) in [6, 6.07) is 3.81. The Hall–Kier alpha value is -2.11. The van der Waals surface area contributed by atoms with Gasteiger partial charge in [0.25, 0.3) is 5.91 Å². The lowest BCUT2D eigenvalue weighted by atomic mass is 10.1. The zero-order chi connectivity index (χ0) is 15.3. The lowest BCUT2D eigenvalue weighted by Gasteiger charge is -2.20. The number of halogens is 1. The molecule has 0 saturated heterocycles. The number of nitrogens with one attached hydrogen (secondary N) is 1. The first-order valence-corrected chi connectivity index (χ1v) is 6.15. The molecule has 1 aromatic rings. The smallest absolute Gasteiger partial charge is 0.258 e. The highest BCUT2D eigenvalue weighted by atomic mass is 19.1. The summed E-state index contributed by atoms with van der Waals surface area (Å²) in [5.74, 6) is -0.651. The molecule has 110 valence electrons. The number of amides is 1. The van der Waals surface area contributed by atoms with E-state index in [1.165, 1.54) is 12.1 Å². The van der Waals surface area contributed by atoms with Crippen molar-refractivity contribution in [2.45, 2.75) is 33.2 Å². The Morgan fingerprint density at radius 1 is 1.45 bits per heavy atom. The highest BCUT2D eigenvalue weighted by Gasteiger charge is 2.15. The molecule has 0 bridgehead atoms. The van der Waals surface area contributed by atoms with Crippen molar-refractivity contribution in [1.29, 1.82) is 0 Å². The molecular weight excluding hydrogens is 263 g/mol. The number of benzene rings is 1. The van der Waals surface area contributed by atoms with E-state index in [1.54, 1.807) is 6.92 Å². The van der Waals surface area contributed by atoms with E-state index in [4.69, 9.17) is 9.94 Å². The van der Waals surface area contributed by atoms with Gasteiger partial charge in [-0.15, -0.1) is 0 Å². The molecule has 0 atom stereocenters. The molecule has 0 aromatic heterocycles. The maximum Gasteiger partial charge on any atom is 0.258 e. The van der Waals surface area contributed by atoms with E-state index >= 15 is 0 Å². The van der Waals surface area contributed by atoms with Gasteiger partial charge < -0.3 is 15.3 Å². The molecule has 5 nitrogen and oxygen atoms in total. The summed E-state index contributed by atoms with van der Waals surface area (Å²) >= 11 is 0. The van der Waals surface area contributed by atoms with Gasteiger partial charge in [0.05, 0.1) is 5.71 Å². The van der Waals surface area contributed by atoms with E-state index in [2.05, 4.69) is 10.5 Å². The largest absolute Gasteiger partial charge is 0.483 e. The lowest BCUT2D eigenvalue weighted by molar-refractivity contribution is -0.124. The summed E-state index contributed by atoms with van der Waals surface area (Å²) in [7, 11) is 0. The Morgan fingerprint density at radius 2 is 2.10 bits per heavy atom. The number of oxime groups is 1. The molecule has 0 fully saturated rings. The average Bonchev–Trinajstić information content (AvgIpc) is 2.33. The minimum Gasteiger partial charge on any atom is -0.483 e. The van der Waals surface area contributed by atoms with Crippen molar-refractivity contribution >= 4 is 11.6 Å². The molecule has 0 aliphatic carbocycles. The van der Waals surface area contributed by atoms with Crippen molar-refractivity contribution in [1.82, 2.24) is 5.32 Å². The van der Waals surface area contributed by atoms with Crippen LogP contribution < -0.4 is 10.1 Å². The predicted molar refractivity (Wildman–Crippen MR) is 73.8 cm³/mol. The molecule has 6 heteroatoms. The van der Waals surface area contributed by atoms with Crippen molar-refractivity contribution in [2.24, 2.45) is 5.16 Å². The van der Waals surface area contributed by atoms with Crippen molar-refractivity contribution < 1.29 is 19.1 Å². The molecule has 1 amide bonds. The third-order valence-electron chi connectivity index (χ3n) is 2.36. The van der Waals surface area contributed by atoms with Gasteiger partial charge >= 0.3 is 0 Å². The summed E-state index contributed by atoms with van der Waals surface area (Å²) in [5.41, 5.74) is 0.335. The SMILES string of the molecule is CC(=NO)c1ccc(F)cc1OCC(=O)NC(C)(C)C. The second kappa shape index (κ2) is 6.36. The van der Waals surface area contributed by atoms with E-state index < -0.39 is 5.82 Å². The van der Waals surface area contributed by atoms with Gasteiger partial charge in [-0.05, 0) is 39.8 Å². The molecule has 2 N–H and O–H groups in total. The van der Waals surface area contributed by atoms with Crippen LogP contribution in [0.25, 0.3) is 0 Å². The predicted octanol–water partition coefficient (Wildman–Crippen LogP) is 2.32. The second-order valence-corrected chi connectivity index (χ2v) is 5.41. The number of rotatable bonds is 4. The third-order valence-corrected chi connectivity index (χ3v) is 2.36. The van der Waals surface area contributed by atoms with Gasteiger partial charge in [-0.1, -0.05) is 5.16 Å². The third kappa shape index (κ3) is 4.87. The molecule has 1 aromatic carbocycles. The van der Waals surface area contributed by atoms with Crippen LogP contribution in [-0.4, -0.2) is 29.0 Å². The Morgan fingerprint density at radius 3 is 2.65 bits per heavy atom. The Kier molecular flexibility index (Phi) is 5.07. The first kappa shape index (κ1) is 15.9. The molecule has 0 heterocycles. The van der Waals surface area contributed by atoms with Crippen LogP contribution >= 0.6 is 0 Å². The molecule has 0 saturated carbocycles. The van der Waals surface area contributed by atoms with E-state index in [0.717, 1.165) is 6.07 Å². The summed E-state index contributed by atoms with van der Waals surface area (Å²) in [5, 5.41) is 14.6. The molecule has 1 rings (SSSR count). The van der Waals surface area contributed by atoms with E-state index in [9.17, 15) is 9.18 Å². The Balaban J connectivity index is 2.82. The number of hydrogen-bond donors (Lipinski definition) is 2. The number of hydrogen-bond acceptors (Lipinski definition) is 4. The molecule has 0 aliphatic heterocycles. The zero-order valence-electron chi connectivity index (χ0n) is 12.0. The molecule has 0 aliphatic rings. The quantitative estimate of drug-likeness (QED) is 0.506. The van der Waals surface area contributed by atoms with Gasteiger partial charge in [0.2, 0.25) is 0 Å². The molecular formula is C14H19FN2O3. The molecule has 20 heavy (non-hydrogen) atoms. The maximum atomic E-state index is 13.2. The van der Waals surface area contributed by atoms with Crippen LogP contribution in [-0.2, 0) is 4.79 Å². The summed E-state index contributed by atoms with van der Waals surface area (Å²) in [4.78, 5) is 11.7. The highest BCUT2D eigenvalue weighted by Crippen LogP contribution is 2.21. The van der Waals surface area contributed by atoms with Gasteiger partial charge in [-0.25, -0.2) is 4.39 Å². The zero-order valence-corrected chi connectivity index (χ0v) is 12.0. The number of nitrogens with zero attached hydrogens (tertiary/aromatic N) is 1.